The Morgan fingerprint density at radius 3 is 1.11 bits per heavy atom. The Morgan fingerprint density at radius 1 is 0.489 bits per heavy atom. The highest BCUT2D eigenvalue weighted by Crippen LogP contribution is 2.17. The van der Waals surface area contributed by atoms with Crippen LogP contribution in [0.3, 0.4) is 0 Å². The van der Waals surface area contributed by atoms with E-state index in [1.165, 1.54) is 0 Å². The number of hydrogen-bond acceptors (Lipinski definition) is 12. The van der Waals surface area contributed by atoms with Gasteiger partial charge in [-0.05, 0) is 0 Å². The maximum Gasteiger partial charge on any atom is 0.322 e. The summed E-state index contributed by atoms with van der Waals surface area (Å²) in [6.07, 6.45) is -0.307. The van der Waals surface area contributed by atoms with Crippen molar-refractivity contribution in [2.75, 3.05) is 91.6 Å². The number of nitrogens with one attached hydrogen (secondary N) is 2. The van der Waals surface area contributed by atoms with Crippen molar-refractivity contribution >= 4 is 47.1 Å². The minimum absolute atomic E-state index is 0.0210. The van der Waals surface area contributed by atoms with Gasteiger partial charge in [0.15, 0.2) is 0 Å². The molecule has 0 aliphatic carbocycles. The number of Topliss-reactive ketones (excluding diaryl/α,β-unsaturated/α-hetero) is 3. The van der Waals surface area contributed by atoms with Crippen LogP contribution in [0.2, 0.25) is 0 Å². The van der Waals surface area contributed by atoms with E-state index < -0.39 is 48.2 Å². The number of ketones is 3. The molecule has 47 heavy (non-hydrogen) atoms. The number of nitrogens with zero attached hydrogens (tertiary/aromatic N) is 4. The molecular weight excluding hydrogens is 620 g/mol. The van der Waals surface area contributed by atoms with E-state index in [9.17, 15) is 38.4 Å². The lowest BCUT2D eigenvalue weighted by Gasteiger charge is -2.33. The number of rotatable bonds is 18. The van der Waals surface area contributed by atoms with Crippen LogP contribution in [0.15, 0.2) is 0 Å². The average molecular weight is 671 g/mol. The first-order chi connectivity index (χ1) is 21.9. The molecule has 0 bridgehead atoms. The topological polar surface area (TPSA) is 234 Å². The smallest absolute Gasteiger partial charge is 0.322 e. The Hall–Kier alpha value is -3.80. The van der Waals surface area contributed by atoms with Crippen molar-refractivity contribution in [1.29, 1.82) is 0 Å². The minimum atomic E-state index is -1.21. The van der Waals surface area contributed by atoms with Crippen LogP contribution in [0.5, 0.6) is 0 Å². The summed E-state index contributed by atoms with van der Waals surface area (Å²) in [6, 6.07) is 0. The van der Waals surface area contributed by atoms with E-state index in [0.717, 1.165) is 0 Å². The van der Waals surface area contributed by atoms with Crippen molar-refractivity contribution in [3.05, 3.63) is 0 Å². The number of carboxylic acids is 3. The molecule has 0 atom stereocenters. The molecular formula is C30H50N6O11. The van der Waals surface area contributed by atoms with Gasteiger partial charge in [0.1, 0.15) is 30.4 Å². The van der Waals surface area contributed by atoms with Crippen molar-refractivity contribution in [3.63, 3.8) is 0 Å². The first-order valence-corrected chi connectivity index (χ1v) is 15.6. The maximum absolute atomic E-state index is 12.9. The van der Waals surface area contributed by atoms with E-state index >= 15 is 0 Å². The quantitative estimate of drug-likeness (QED) is 0.106. The van der Waals surface area contributed by atoms with E-state index in [0.29, 0.717) is 19.6 Å². The van der Waals surface area contributed by atoms with Crippen LogP contribution >= 0.6 is 0 Å². The van der Waals surface area contributed by atoms with Gasteiger partial charge in [-0.25, -0.2) is 0 Å². The van der Waals surface area contributed by atoms with Crippen LogP contribution in [-0.2, 0) is 38.4 Å². The fourth-order valence-electron chi connectivity index (χ4n) is 4.61. The van der Waals surface area contributed by atoms with Gasteiger partial charge in [-0.1, -0.05) is 20.8 Å². The second kappa shape index (κ2) is 21.1. The third-order valence-corrected chi connectivity index (χ3v) is 7.42. The van der Waals surface area contributed by atoms with E-state index in [-0.39, 0.29) is 102 Å². The lowest BCUT2D eigenvalue weighted by Crippen LogP contribution is -2.50. The monoisotopic (exact) mass is 670 g/mol. The van der Waals surface area contributed by atoms with Crippen molar-refractivity contribution < 1.29 is 53.7 Å². The molecule has 0 aromatic rings. The molecule has 0 aromatic heterocycles. The van der Waals surface area contributed by atoms with Crippen LogP contribution in [0.4, 0.5) is 0 Å². The summed E-state index contributed by atoms with van der Waals surface area (Å²) in [5.41, 5.74) is -0.575. The van der Waals surface area contributed by atoms with E-state index in [1.54, 1.807) is 30.6 Å². The van der Waals surface area contributed by atoms with Gasteiger partial charge in [0.2, 0.25) is 11.8 Å². The predicted octanol–water partition coefficient (Wildman–Crippen LogP) is -1.99. The Balaban J connectivity index is 3.17. The standard InChI is InChI=1S/C30H50N6O11/c1-30(2,3)24(39)6-4-22(37)18-33-8-9-34(19-23(38)5-7-27(42)43)11-13-36(21-26(41)32-17-29(46)47)15-14-35(12-10-33)20-25(40)31-16-28(44)45/h4-21H2,1-3H3,(H,31,40)(H,32,41)(H,42,43)(H,44,45)(H,46,47). The molecule has 1 aliphatic heterocycles. The van der Waals surface area contributed by atoms with Gasteiger partial charge in [-0.3, -0.25) is 58.0 Å². The summed E-state index contributed by atoms with van der Waals surface area (Å²) in [4.78, 5) is 103. The molecule has 266 valence electrons. The predicted molar refractivity (Wildman–Crippen MR) is 168 cm³/mol. The van der Waals surface area contributed by atoms with Gasteiger partial charge in [0, 0.05) is 77.0 Å². The summed E-state index contributed by atoms with van der Waals surface area (Å²) in [5.74, 6) is -5.04. The van der Waals surface area contributed by atoms with Gasteiger partial charge in [-0.2, -0.15) is 0 Å². The Labute approximate surface area is 274 Å². The molecule has 1 heterocycles. The summed E-state index contributed by atoms with van der Waals surface area (Å²) < 4.78 is 0. The molecule has 0 radical (unpaired) electrons. The Bertz CT molecular complexity index is 1080. The van der Waals surface area contributed by atoms with Crippen LogP contribution in [-0.4, -0.2) is 174 Å². The number of carbonyl (C=O) groups excluding carboxylic acids is 5. The third kappa shape index (κ3) is 20.1. The highest BCUT2D eigenvalue weighted by molar-refractivity contribution is 5.89. The van der Waals surface area contributed by atoms with Gasteiger partial charge in [-0.15, -0.1) is 0 Å². The Morgan fingerprint density at radius 2 is 0.809 bits per heavy atom. The van der Waals surface area contributed by atoms with Crippen molar-refractivity contribution in [2.45, 2.75) is 46.5 Å². The lowest BCUT2D eigenvalue weighted by atomic mass is 9.88. The zero-order valence-electron chi connectivity index (χ0n) is 27.6. The average Bonchev–Trinajstić information content (AvgIpc) is 2.97. The second-order valence-corrected chi connectivity index (χ2v) is 12.6. The summed E-state index contributed by atoms with van der Waals surface area (Å²) in [5, 5.41) is 31.4. The van der Waals surface area contributed by atoms with Crippen LogP contribution in [0.1, 0.15) is 46.5 Å². The summed E-state index contributed by atoms with van der Waals surface area (Å²) in [6.45, 7) is 6.16. The molecule has 2 amide bonds. The first-order valence-electron chi connectivity index (χ1n) is 15.6. The van der Waals surface area contributed by atoms with Gasteiger partial charge < -0.3 is 26.0 Å². The van der Waals surface area contributed by atoms with Crippen LogP contribution in [0.25, 0.3) is 0 Å². The summed E-state index contributed by atoms with van der Waals surface area (Å²) >= 11 is 0. The molecule has 1 saturated heterocycles. The number of aliphatic carboxylic acids is 3. The van der Waals surface area contributed by atoms with E-state index in [4.69, 9.17) is 15.3 Å². The largest absolute Gasteiger partial charge is 0.481 e. The van der Waals surface area contributed by atoms with Crippen molar-refractivity contribution in [3.8, 4) is 0 Å². The van der Waals surface area contributed by atoms with E-state index in [1.807, 2.05) is 9.80 Å². The van der Waals surface area contributed by atoms with Gasteiger partial charge in [0.05, 0.1) is 32.6 Å². The molecule has 1 fully saturated rings. The lowest BCUT2D eigenvalue weighted by molar-refractivity contribution is -0.139. The number of amides is 2. The fraction of sp³-hybridized carbons (Fsp3) is 0.733. The summed E-state index contributed by atoms with van der Waals surface area (Å²) in [7, 11) is 0. The number of carbonyl (C=O) groups is 8. The fourth-order valence-corrected chi connectivity index (χ4v) is 4.61. The zero-order chi connectivity index (χ0) is 35.6. The third-order valence-electron chi connectivity index (χ3n) is 7.42. The minimum Gasteiger partial charge on any atom is -0.481 e. The maximum atomic E-state index is 12.9. The van der Waals surface area contributed by atoms with Crippen molar-refractivity contribution in [2.24, 2.45) is 5.41 Å². The molecule has 5 N–H and O–H groups in total. The molecule has 17 nitrogen and oxygen atoms in total. The van der Waals surface area contributed by atoms with Crippen LogP contribution < -0.4 is 10.6 Å². The molecule has 0 spiro atoms. The number of carboxylic acid groups (broad SMARTS) is 3. The Kier molecular flexibility index (Phi) is 18.5. The van der Waals surface area contributed by atoms with Gasteiger partial charge >= 0.3 is 17.9 Å². The van der Waals surface area contributed by atoms with Gasteiger partial charge in [0.25, 0.3) is 0 Å². The zero-order valence-corrected chi connectivity index (χ0v) is 27.6. The van der Waals surface area contributed by atoms with Crippen LogP contribution in [0, 0.1) is 5.41 Å². The molecule has 1 rings (SSSR count). The SMILES string of the molecule is CC(C)(C)C(=O)CCC(=O)CN1CCN(CC(=O)CCC(=O)O)CCN(CC(=O)NCC(=O)O)CCN(CC(=O)NCC(=O)O)CC1. The molecule has 0 saturated carbocycles. The highest BCUT2D eigenvalue weighted by Gasteiger charge is 2.24. The molecule has 0 aromatic carbocycles. The normalized spacial score (nSPS) is 16.3. The second-order valence-electron chi connectivity index (χ2n) is 12.6. The molecule has 0 unspecified atom stereocenters. The van der Waals surface area contributed by atoms with Crippen molar-refractivity contribution in [1.82, 2.24) is 30.2 Å². The highest BCUT2D eigenvalue weighted by atomic mass is 16.4. The first kappa shape index (κ1) is 41.2. The molecule has 17 heteroatoms. The van der Waals surface area contributed by atoms with E-state index in [2.05, 4.69) is 10.6 Å². The molecule has 1 aliphatic rings. The number of hydrogen-bond donors (Lipinski definition) is 5.